The van der Waals surface area contributed by atoms with Crippen molar-refractivity contribution in [3.05, 3.63) is 35.1 Å². The minimum atomic E-state index is -0.886. The van der Waals surface area contributed by atoms with Gasteiger partial charge in [0.25, 0.3) is 0 Å². The van der Waals surface area contributed by atoms with E-state index in [0.717, 1.165) is 0 Å². The van der Waals surface area contributed by atoms with Gasteiger partial charge in [-0.1, -0.05) is 18.2 Å². The molecule has 86 valence electrons. The van der Waals surface area contributed by atoms with Crippen molar-refractivity contribution in [2.75, 3.05) is 6.61 Å². The number of nitrogens with zero attached hydrogens (tertiary/aromatic N) is 1. The Morgan fingerprint density at radius 3 is 2.88 bits per heavy atom. The van der Waals surface area contributed by atoms with E-state index in [1.54, 1.807) is 44.1 Å². The standard InChI is InChI=1S/C12H15NO3/c1-12(2,9-15)13(16)7-10-5-3-4-6-11(10)8-14/h3-7,10,15H,9H2,1-2H3. The summed E-state index contributed by atoms with van der Waals surface area (Å²) < 4.78 is 0.679. The maximum atomic E-state index is 11.7. The SMILES string of the molecule is CC(C)(CO)[N+]([O-])=CC1C=CC=CC1=C=O. The number of aliphatic hydroxyl groups is 1. The highest BCUT2D eigenvalue weighted by Crippen LogP contribution is 2.15. The van der Waals surface area contributed by atoms with Crippen molar-refractivity contribution in [2.45, 2.75) is 19.4 Å². The fraction of sp³-hybridized carbons (Fsp3) is 0.417. The lowest BCUT2D eigenvalue weighted by Crippen LogP contribution is -2.38. The molecule has 1 unspecified atom stereocenters. The molecule has 0 amide bonds. The summed E-state index contributed by atoms with van der Waals surface area (Å²) in [5.41, 5.74) is -0.472. The van der Waals surface area contributed by atoms with Gasteiger partial charge in [-0.15, -0.1) is 0 Å². The Hall–Kier alpha value is -1.64. The Balaban J connectivity index is 2.96. The highest BCUT2D eigenvalue weighted by atomic mass is 16.5. The Morgan fingerprint density at radius 1 is 1.62 bits per heavy atom. The summed E-state index contributed by atoms with van der Waals surface area (Å²) in [5, 5.41) is 20.8. The lowest BCUT2D eigenvalue weighted by Gasteiger charge is -2.22. The molecule has 0 aromatic rings. The van der Waals surface area contributed by atoms with Crippen molar-refractivity contribution >= 4 is 12.2 Å². The number of hydrogen-bond donors (Lipinski definition) is 1. The minimum absolute atomic E-state index is 0.251. The summed E-state index contributed by atoms with van der Waals surface area (Å²) in [4.78, 5) is 10.6. The molecular weight excluding hydrogens is 206 g/mol. The van der Waals surface area contributed by atoms with Crippen LogP contribution in [0.1, 0.15) is 13.8 Å². The number of carbonyl (C=O) groups excluding carboxylic acids is 1. The quantitative estimate of drug-likeness (QED) is 0.252. The highest BCUT2D eigenvalue weighted by Gasteiger charge is 2.26. The molecule has 0 aromatic heterocycles. The predicted octanol–water partition coefficient (Wildman–Crippen LogP) is 0.839. The molecular formula is C12H15NO3. The van der Waals surface area contributed by atoms with Gasteiger partial charge in [0, 0.05) is 13.8 Å². The first-order chi connectivity index (χ1) is 7.51. The van der Waals surface area contributed by atoms with E-state index < -0.39 is 5.54 Å². The molecule has 0 fully saturated rings. The van der Waals surface area contributed by atoms with E-state index in [-0.39, 0.29) is 12.5 Å². The largest absolute Gasteiger partial charge is 0.624 e. The first kappa shape index (κ1) is 12.4. The number of allylic oxidation sites excluding steroid dienone is 5. The van der Waals surface area contributed by atoms with Crippen LogP contribution in [0.3, 0.4) is 0 Å². The van der Waals surface area contributed by atoms with Crippen LogP contribution in [0.15, 0.2) is 29.9 Å². The van der Waals surface area contributed by atoms with Gasteiger partial charge in [0.15, 0.2) is 11.8 Å². The third kappa shape index (κ3) is 2.69. The molecule has 1 aliphatic carbocycles. The molecule has 0 saturated carbocycles. The van der Waals surface area contributed by atoms with E-state index in [4.69, 9.17) is 5.11 Å². The molecule has 16 heavy (non-hydrogen) atoms. The monoisotopic (exact) mass is 221 g/mol. The van der Waals surface area contributed by atoms with Gasteiger partial charge < -0.3 is 10.3 Å². The number of rotatable bonds is 3. The zero-order chi connectivity index (χ0) is 12.2. The second-order valence-corrected chi connectivity index (χ2v) is 4.27. The van der Waals surface area contributed by atoms with Crippen LogP contribution < -0.4 is 0 Å². The van der Waals surface area contributed by atoms with E-state index in [0.29, 0.717) is 10.3 Å². The van der Waals surface area contributed by atoms with Crippen molar-refractivity contribution in [3.63, 3.8) is 0 Å². The Kier molecular flexibility index (Phi) is 3.82. The van der Waals surface area contributed by atoms with E-state index in [2.05, 4.69) is 0 Å². The summed E-state index contributed by atoms with van der Waals surface area (Å²) in [7, 11) is 0. The zero-order valence-corrected chi connectivity index (χ0v) is 9.38. The lowest BCUT2D eigenvalue weighted by atomic mass is 9.96. The lowest BCUT2D eigenvalue weighted by molar-refractivity contribution is -0.541. The predicted molar refractivity (Wildman–Crippen MR) is 61.8 cm³/mol. The van der Waals surface area contributed by atoms with Crippen molar-refractivity contribution < 1.29 is 14.6 Å². The third-order valence-electron chi connectivity index (χ3n) is 2.46. The normalized spacial score (nSPS) is 21.1. The molecule has 0 bridgehead atoms. The van der Waals surface area contributed by atoms with Gasteiger partial charge in [-0.2, -0.15) is 0 Å². The van der Waals surface area contributed by atoms with Crippen LogP contribution >= 0.6 is 0 Å². The third-order valence-corrected chi connectivity index (χ3v) is 2.46. The molecule has 1 rings (SSSR count). The molecule has 1 N–H and O–H groups in total. The summed E-state index contributed by atoms with van der Waals surface area (Å²) in [6, 6.07) is 0. The molecule has 0 aromatic carbocycles. The zero-order valence-electron chi connectivity index (χ0n) is 9.38. The second kappa shape index (κ2) is 4.92. The van der Waals surface area contributed by atoms with E-state index in [1.165, 1.54) is 6.21 Å². The van der Waals surface area contributed by atoms with Crippen LogP contribution in [-0.4, -0.2) is 34.1 Å². The van der Waals surface area contributed by atoms with Crippen LogP contribution in [0.4, 0.5) is 0 Å². The fourth-order valence-electron chi connectivity index (χ4n) is 1.21. The van der Waals surface area contributed by atoms with Crippen molar-refractivity contribution in [1.82, 2.24) is 0 Å². The molecule has 0 saturated heterocycles. The van der Waals surface area contributed by atoms with Crippen molar-refractivity contribution in [3.8, 4) is 0 Å². The average molecular weight is 221 g/mol. The number of hydroxylamine groups is 1. The summed E-state index contributed by atoms with van der Waals surface area (Å²) in [6.07, 6.45) is 8.21. The van der Waals surface area contributed by atoms with Gasteiger partial charge >= 0.3 is 0 Å². The average Bonchev–Trinajstić information content (AvgIpc) is 2.29. The van der Waals surface area contributed by atoms with Crippen LogP contribution in [0.2, 0.25) is 0 Å². The maximum absolute atomic E-state index is 11.7. The minimum Gasteiger partial charge on any atom is -0.624 e. The Bertz CT molecular complexity index is 398. The number of hydrogen-bond acceptors (Lipinski definition) is 3. The summed E-state index contributed by atoms with van der Waals surface area (Å²) in [5.74, 6) is 1.43. The number of aliphatic hydroxyl groups excluding tert-OH is 1. The van der Waals surface area contributed by atoms with Crippen molar-refractivity contribution in [2.24, 2.45) is 5.92 Å². The van der Waals surface area contributed by atoms with E-state index in [1.807, 2.05) is 0 Å². The molecule has 4 heteroatoms. The highest BCUT2D eigenvalue weighted by molar-refractivity contribution is 5.74. The van der Waals surface area contributed by atoms with E-state index in [9.17, 15) is 10.0 Å². The maximum Gasteiger partial charge on any atom is 0.189 e. The molecule has 0 spiro atoms. The topological polar surface area (TPSA) is 63.4 Å². The Labute approximate surface area is 94.5 Å². The van der Waals surface area contributed by atoms with Crippen LogP contribution in [-0.2, 0) is 4.79 Å². The molecule has 0 heterocycles. The van der Waals surface area contributed by atoms with Gasteiger partial charge in [-0.3, -0.25) is 0 Å². The molecule has 1 atom stereocenters. The van der Waals surface area contributed by atoms with Gasteiger partial charge in [-0.25, -0.2) is 9.53 Å². The van der Waals surface area contributed by atoms with Crippen molar-refractivity contribution in [1.29, 1.82) is 0 Å². The second-order valence-electron chi connectivity index (χ2n) is 4.27. The Morgan fingerprint density at radius 2 is 2.31 bits per heavy atom. The smallest absolute Gasteiger partial charge is 0.189 e. The summed E-state index contributed by atoms with van der Waals surface area (Å²) >= 11 is 0. The van der Waals surface area contributed by atoms with Gasteiger partial charge in [0.05, 0.1) is 11.5 Å². The summed E-state index contributed by atoms with van der Waals surface area (Å²) in [6.45, 7) is 3.01. The molecule has 0 radical (unpaired) electrons. The van der Waals surface area contributed by atoms with Crippen LogP contribution in [0, 0.1) is 11.1 Å². The van der Waals surface area contributed by atoms with Gasteiger partial charge in [0.2, 0.25) is 0 Å². The van der Waals surface area contributed by atoms with Crippen LogP contribution in [0.25, 0.3) is 0 Å². The first-order valence-corrected chi connectivity index (χ1v) is 5.03. The molecule has 1 aliphatic rings. The first-order valence-electron chi connectivity index (χ1n) is 5.03. The van der Waals surface area contributed by atoms with E-state index >= 15 is 0 Å². The van der Waals surface area contributed by atoms with Crippen LogP contribution in [0.5, 0.6) is 0 Å². The van der Waals surface area contributed by atoms with Gasteiger partial charge in [-0.05, 0) is 6.08 Å². The van der Waals surface area contributed by atoms with Gasteiger partial charge in [0.1, 0.15) is 12.5 Å². The fourth-order valence-corrected chi connectivity index (χ4v) is 1.21. The molecule has 4 nitrogen and oxygen atoms in total. The molecule has 0 aliphatic heterocycles.